The van der Waals surface area contributed by atoms with Gasteiger partial charge in [-0.15, -0.1) is 0 Å². The molecule has 2 aromatic rings. The van der Waals surface area contributed by atoms with E-state index in [4.69, 9.17) is 15.9 Å². The van der Waals surface area contributed by atoms with Crippen molar-refractivity contribution >= 4 is 22.9 Å². The van der Waals surface area contributed by atoms with Gasteiger partial charge in [0.05, 0.1) is 0 Å². The molecular formula is C11H16N6O. The molecule has 0 radical (unpaired) electrons. The summed E-state index contributed by atoms with van der Waals surface area (Å²) in [5.74, 6) is 0.604. The number of aryl methyl sites for hydroxylation is 1. The fourth-order valence-electron chi connectivity index (χ4n) is 1.67. The SMILES string of the molecule is COC(C)Nc1nc2c(C(=N)N)ccnc2n1C. The Morgan fingerprint density at radius 3 is 2.94 bits per heavy atom. The summed E-state index contributed by atoms with van der Waals surface area (Å²) in [6.07, 6.45) is 1.45. The van der Waals surface area contributed by atoms with Gasteiger partial charge in [-0.3, -0.25) is 9.98 Å². The number of methoxy groups -OCH3 is 1. The fraction of sp³-hybridized carbons (Fsp3) is 0.364. The van der Waals surface area contributed by atoms with E-state index in [1.54, 1.807) is 23.9 Å². The number of nitrogens with zero attached hydrogens (tertiary/aromatic N) is 3. The molecule has 18 heavy (non-hydrogen) atoms. The average molecular weight is 248 g/mol. The highest BCUT2D eigenvalue weighted by atomic mass is 16.5. The van der Waals surface area contributed by atoms with Gasteiger partial charge in [0, 0.05) is 25.9 Å². The Morgan fingerprint density at radius 1 is 1.61 bits per heavy atom. The largest absolute Gasteiger partial charge is 0.384 e. The number of nitrogens with two attached hydrogens (primary N) is 1. The zero-order chi connectivity index (χ0) is 13.3. The molecule has 2 heterocycles. The quantitative estimate of drug-likeness (QED) is 0.419. The highest BCUT2D eigenvalue weighted by Crippen LogP contribution is 2.19. The molecule has 4 N–H and O–H groups in total. The molecule has 0 saturated carbocycles. The van der Waals surface area contributed by atoms with Crippen LogP contribution in [0.4, 0.5) is 5.95 Å². The lowest BCUT2D eigenvalue weighted by atomic mass is 10.2. The van der Waals surface area contributed by atoms with Crippen molar-refractivity contribution in [3.63, 3.8) is 0 Å². The van der Waals surface area contributed by atoms with Gasteiger partial charge in [0.2, 0.25) is 5.95 Å². The van der Waals surface area contributed by atoms with Crippen LogP contribution < -0.4 is 11.1 Å². The first-order valence-electron chi connectivity index (χ1n) is 5.49. The van der Waals surface area contributed by atoms with Crippen molar-refractivity contribution in [1.29, 1.82) is 5.41 Å². The van der Waals surface area contributed by atoms with Crippen LogP contribution in [0.2, 0.25) is 0 Å². The van der Waals surface area contributed by atoms with Crippen molar-refractivity contribution < 1.29 is 4.74 Å². The molecule has 0 spiro atoms. The van der Waals surface area contributed by atoms with Crippen molar-refractivity contribution in [3.8, 4) is 0 Å². The zero-order valence-corrected chi connectivity index (χ0v) is 10.6. The van der Waals surface area contributed by atoms with Crippen molar-refractivity contribution in [1.82, 2.24) is 14.5 Å². The van der Waals surface area contributed by atoms with E-state index in [0.29, 0.717) is 22.7 Å². The highest BCUT2D eigenvalue weighted by Gasteiger charge is 2.14. The maximum atomic E-state index is 7.53. The molecule has 0 aliphatic carbocycles. The summed E-state index contributed by atoms with van der Waals surface area (Å²) in [5.41, 5.74) is 7.39. The molecular weight excluding hydrogens is 232 g/mol. The Morgan fingerprint density at radius 2 is 2.33 bits per heavy atom. The van der Waals surface area contributed by atoms with Gasteiger partial charge in [0.25, 0.3) is 0 Å². The second-order valence-electron chi connectivity index (χ2n) is 3.96. The lowest BCUT2D eigenvalue weighted by molar-refractivity contribution is 0.140. The summed E-state index contributed by atoms with van der Waals surface area (Å²) in [7, 11) is 3.45. The van der Waals surface area contributed by atoms with E-state index in [2.05, 4.69) is 15.3 Å². The summed E-state index contributed by atoms with van der Waals surface area (Å²) >= 11 is 0. The fourth-order valence-corrected chi connectivity index (χ4v) is 1.67. The highest BCUT2D eigenvalue weighted by molar-refractivity contribution is 6.05. The molecule has 1 unspecified atom stereocenters. The smallest absolute Gasteiger partial charge is 0.206 e. The summed E-state index contributed by atoms with van der Waals surface area (Å²) in [6.45, 7) is 1.87. The van der Waals surface area contributed by atoms with E-state index in [1.807, 2.05) is 14.0 Å². The summed E-state index contributed by atoms with van der Waals surface area (Å²) < 4.78 is 6.93. The van der Waals surface area contributed by atoms with Gasteiger partial charge in [-0.1, -0.05) is 0 Å². The molecule has 0 fully saturated rings. The van der Waals surface area contributed by atoms with Crippen LogP contribution in [0.3, 0.4) is 0 Å². The van der Waals surface area contributed by atoms with Crippen LogP contribution in [0.25, 0.3) is 11.2 Å². The van der Waals surface area contributed by atoms with Crippen LogP contribution in [-0.2, 0) is 11.8 Å². The predicted molar refractivity (Wildman–Crippen MR) is 69.6 cm³/mol. The number of pyridine rings is 1. The van der Waals surface area contributed by atoms with Crippen molar-refractivity contribution in [2.75, 3.05) is 12.4 Å². The topological polar surface area (TPSA) is 102 Å². The molecule has 2 aromatic heterocycles. The zero-order valence-electron chi connectivity index (χ0n) is 10.6. The van der Waals surface area contributed by atoms with E-state index in [9.17, 15) is 0 Å². The Bertz CT molecular complexity index is 590. The molecule has 2 rings (SSSR count). The van der Waals surface area contributed by atoms with Crippen molar-refractivity contribution in [2.45, 2.75) is 13.2 Å². The molecule has 1 atom stereocenters. The minimum absolute atomic E-state index is 0.0214. The monoisotopic (exact) mass is 248 g/mol. The summed E-state index contributed by atoms with van der Waals surface area (Å²) in [4.78, 5) is 8.65. The van der Waals surface area contributed by atoms with Crippen molar-refractivity contribution in [3.05, 3.63) is 17.8 Å². The second-order valence-corrected chi connectivity index (χ2v) is 3.96. The van der Waals surface area contributed by atoms with Crippen LogP contribution in [0.15, 0.2) is 12.3 Å². The first-order valence-corrected chi connectivity index (χ1v) is 5.49. The first-order chi connectivity index (χ1) is 8.54. The number of fused-ring (bicyclic) bond motifs is 1. The lowest BCUT2D eigenvalue weighted by Crippen LogP contribution is -2.19. The summed E-state index contributed by atoms with van der Waals surface area (Å²) in [6, 6.07) is 1.68. The molecule has 0 saturated heterocycles. The second kappa shape index (κ2) is 4.61. The number of ether oxygens (including phenoxy) is 1. The van der Waals surface area contributed by atoms with E-state index in [1.165, 1.54) is 0 Å². The lowest BCUT2D eigenvalue weighted by Gasteiger charge is -2.11. The minimum Gasteiger partial charge on any atom is -0.384 e. The van der Waals surface area contributed by atoms with Gasteiger partial charge >= 0.3 is 0 Å². The number of nitrogen functional groups attached to an aromatic ring is 1. The number of imidazole rings is 1. The van der Waals surface area contributed by atoms with E-state index >= 15 is 0 Å². The third kappa shape index (κ3) is 2.00. The number of amidine groups is 1. The van der Waals surface area contributed by atoms with E-state index in [-0.39, 0.29) is 12.1 Å². The van der Waals surface area contributed by atoms with E-state index < -0.39 is 0 Å². The van der Waals surface area contributed by atoms with Crippen LogP contribution in [0, 0.1) is 5.41 Å². The van der Waals surface area contributed by atoms with Gasteiger partial charge < -0.3 is 15.8 Å². The van der Waals surface area contributed by atoms with Gasteiger partial charge in [-0.05, 0) is 13.0 Å². The van der Waals surface area contributed by atoms with Crippen LogP contribution >= 0.6 is 0 Å². The molecule has 7 heteroatoms. The van der Waals surface area contributed by atoms with Gasteiger partial charge in [-0.2, -0.15) is 0 Å². The molecule has 7 nitrogen and oxygen atoms in total. The number of aromatic nitrogens is 3. The molecule has 96 valence electrons. The molecule has 0 aliphatic rings. The predicted octanol–water partition coefficient (Wildman–Crippen LogP) is 0.657. The first kappa shape index (κ1) is 12.3. The van der Waals surface area contributed by atoms with Gasteiger partial charge in [0.1, 0.15) is 17.6 Å². The number of anilines is 1. The Hall–Kier alpha value is -2.15. The number of nitrogens with one attached hydrogen (secondary N) is 2. The summed E-state index contributed by atoms with van der Waals surface area (Å²) in [5, 5.41) is 10.6. The number of hydrogen-bond donors (Lipinski definition) is 3. The van der Waals surface area contributed by atoms with Crippen molar-refractivity contribution in [2.24, 2.45) is 12.8 Å². The maximum absolute atomic E-state index is 7.53. The van der Waals surface area contributed by atoms with Gasteiger partial charge in [-0.25, -0.2) is 9.97 Å². The third-order valence-corrected chi connectivity index (χ3v) is 2.73. The molecule has 0 aliphatic heterocycles. The Kier molecular flexibility index (Phi) is 3.15. The minimum atomic E-state index is -0.165. The maximum Gasteiger partial charge on any atom is 0.206 e. The van der Waals surface area contributed by atoms with Gasteiger partial charge in [0.15, 0.2) is 5.65 Å². The molecule has 0 bridgehead atoms. The molecule has 0 aromatic carbocycles. The van der Waals surface area contributed by atoms with Crippen LogP contribution in [0.1, 0.15) is 12.5 Å². The third-order valence-electron chi connectivity index (χ3n) is 2.73. The van der Waals surface area contributed by atoms with Crippen LogP contribution in [0.5, 0.6) is 0 Å². The Labute approximate surface area is 104 Å². The number of hydrogen-bond acceptors (Lipinski definition) is 5. The average Bonchev–Trinajstić information content (AvgIpc) is 2.66. The standard InChI is InChI=1S/C11H16N6O/c1-6(18-3)15-11-16-8-7(9(12)13)4-5-14-10(8)17(11)2/h4-6H,1-3H3,(H3,12,13)(H,15,16). The Balaban J connectivity index is 2.55. The van der Waals surface area contributed by atoms with E-state index in [0.717, 1.165) is 0 Å². The number of rotatable bonds is 4. The molecule has 0 amide bonds. The normalized spacial score (nSPS) is 12.6. The van der Waals surface area contributed by atoms with Crippen LogP contribution in [-0.4, -0.2) is 33.7 Å².